The lowest BCUT2D eigenvalue weighted by Gasteiger charge is -2.30. The number of amides is 1. The van der Waals surface area contributed by atoms with Gasteiger partial charge in [-0.15, -0.1) is 0 Å². The molecule has 2 atom stereocenters. The Morgan fingerprint density at radius 1 is 1.30 bits per heavy atom. The number of carbonyl (C=O) groups is 1. The van der Waals surface area contributed by atoms with Crippen molar-refractivity contribution >= 4 is 39.9 Å². The van der Waals surface area contributed by atoms with Crippen LogP contribution in [-0.2, 0) is 4.79 Å². The minimum absolute atomic E-state index is 0.0106. The van der Waals surface area contributed by atoms with Crippen LogP contribution in [0.4, 0.5) is 15.9 Å². The molecular formula is C21H23ClFN5O2. The molecule has 0 spiro atoms. The van der Waals surface area contributed by atoms with Gasteiger partial charge in [0.25, 0.3) is 0 Å². The number of rotatable bonds is 7. The summed E-state index contributed by atoms with van der Waals surface area (Å²) in [5.74, 6) is 0.0363. The van der Waals surface area contributed by atoms with Gasteiger partial charge < -0.3 is 15.8 Å². The Morgan fingerprint density at radius 2 is 2.03 bits per heavy atom. The second-order valence-electron chi connectivity index (χ2n) is 6.98. The van der Waals surface area contributed by atoms with Crippen LogP contribution in [0.25, 0.3) is 10.9 Å². The van der Waals surface area contributed by atoms with Gasteiger partial charge in [0.05, 0.1) is 29.4 Å². The van der Waals surface area contributed by atoms with Gasteiger partial charge in [-0.1, -0.05) is 17.7 Å². The zero-order valence-electron chi connectivity index (χ0n) is 17.1. The van der Waals surface area contributed by atoms with E-state index >= 15 is 0 Å². The second-order valence-corrected chi connectivity index (χ2v) is 7.39. The molecule has 158 valence electrons. The summed E-state index contributed by atoms with van der Waals surface area (Å²) in [6.07, 6.45) is 1.39. The summed E-state index contributed by atoms with van der Waals surface area (Å²) in [4.78, 5) is 22.1. The highest BCUT2D eigenvalue weighted by Crippen LogP contribution is 2.36. The number of likely N-dealkylation sites (N-methyl/N-ethyl adjacent to an activating group) is 1. The Kier molecular flexibility index (Phi) is 6.38. The molecule has 0 fully saturated rings. The third-order valence-electron chi connectivity index (χ3n) is 5.28. The second kappa shape index (κ2) is 8.81. The largest absolute Gasteiger partial charge is 0.496 e. The molecule has 9 heteroatoms. The number of fused-ring (bicyclic) bond motifs is 1. The minimum atomic E-state index is -0.567. The van der Waals surface area contributed by atoms with Crippen LogP contribution < -0.4 is 15.8 Å². The maximum absolute atomic E-state index is 14.4. The van der Waals surface area contributed by atoms with Gasteiger partial charge in [-0.25, -0.2) is 14.4 Å². The van der Waals surface area contributed by atoms with Gasteiger partial charge in [0.1, 0.15) is 17.9 Å². The van der Waals surface area contributed by atoms with Crippen LogP contribution in [0, 0.1) is 5.82 Å². The predicted molar refractivity (Wildman–Crippen MR) is 116 cm³/mol. The first-order chi connectivity index (χ1) is 14.2. The lowest BCUT2D eigenvalue weighted by molar-refractivity contribution is -0.122. The van der Waals surface area contributed by atoms with E-state index in [0.717, 1.165) is 5.56 Å². The predicted octanol–water partition coefficient (Wildman–Crippen LogP) is 4.04. The number of nitrogens with one attached hydrogen (secondary N) is 1. The van der Waals surface area contributed by atoms with E-state index in [1.165, 1.54) is 12.4 Å². The van der Waals surface area contributed by atoms with Gasteiger partial charge in [0.2, 0.25) is 5.91 Å². The summed E-state index contributed by atoms with van der Waals surface area (Å²) >= 11 is 5.89. The molecule has 3 N–H and O–H groups in total. The Hall–Kier alpha value is -2.97. The van der Waals surface area contributed by atoms with E-state index in [1.807, 2.05) is 24.9 Å². The number of hydrogen-bond donors (Lipinski definition) is 2. The number of ether oxygens (including phenoxy) is 1. The van der Waals surface area contributed by atoms with Crippen molar-refractivity contribution in [1.82, 2.24) is 14.9 Å². The quantitative estimate of drug-likeness (QED) is 0.586. The zero-order chi connectivity index (χ0) is 22.0. The highest BCUT2D eigenvalue weighted by Gasteiger charge is 2.24. The first-order valence-corrected chi connectivity index (χ1v) is 9.67. The summed E-state index contributed by atoms with van der Waals surface area (Å²) in [6.45, 7) is 3.68. The van der Waals surface area contributed by atoms with Crippen molar-refractivity contribution < 1.29 is 13.9 Å². The molecule has 0 saturated heterocycles. The Morgan fingerprint density at radius 3 is 2.70 bits per heavy atom. The smallest absolute Gasteiger partial charge is 0.234 e. The van der Waals surface area contributed by atoms with Crippen molar-refractivity contribution in [3.05, 3.63) is 53.1 Å². The Balaban J connectivity index is 2.10. The van der Waals surface area contributed by atoms with E-state index < -0.39 is 17.8 Å². The minimum Gasteiger partial charge on any atom is -0.496 e. The van der Waals surface area contributed by atoms with Crippen molar-refractivity contribution in [2.75, 3.05) is 19.5 Å². The fraction of sp³-hybridized carbons (Fsp3) is 0.286. The van der Waals surface area contributed by atoms with Gasteiger partial charge >= 0.3 is 0 Å². The molecule has 30 heavy (non-hydrogen) atoms. The number of methoxy groups -OCH3 is 1. The van der Waals surface area contributed by atoms with Crippen LogP contribution in [0.15, 0.2) is 36.7 Å². The first-order valence-electron chi connectivity index (χ1n) is 9.29. The van der Waals surface area contributed by atoms with Crippen molar-refractivity contribution in [2.45, 2.75) is 25.9 Å². The molecule has 0 saturated carbocycles. The summed E-state index contributed by atoms with van der Waals surface area (Å²) in [5, 5.41) is 3.67. The summed E-state index contributed by atoms with van der Waals surface area (Å²) in [5.41, 5.74) is 7.09. The van der Waals surface area contributed by atoms with E-state index in [0.29, 0.717) is 22.5 Å². The molecule has 2 aromatic carbocycles. The van der Waals surface area contributed by atoms with Crippen LogP contribution in [0.5, 0.6) is 5.75 Å². The fourth-order valence-electron chi connectivity index (χ4n) is 3.19. The average molecular weight is 432 g/mol. The van der Waals surface area contributed by atoms with E-state index in [4.69, 9.17) is 22.1 Å². The highest BCUT2D eigenvalue weighted by atomic mass is 35.5. The third-order valence-corrected chi connectivity index (χ3v) is 5.57. The maximum Gasteiger partial charge on any atom is 0.234 e. The molecule has 1 unspecified atom stereocenters. The normalized spacial score (nSPS) is 13.3. The molecule has 7 nitrogen and oxygen atoms in total. The number of carbonyl (C=O) groups excluding carboxylic acids is 1. The third kappa shape index (κ3) is 4.15. The zero-order valence-corrected chi connectivity index (χ0v) is 17.9. The van der Waals surface area contributed by atoms with Crippen LogP contribution in [0.3, 0.4) is 0 Å². The monoisotopic (exact) mass is 431 g/mol. The molecule has 1 heterocycles. The number of halogens is 2. The lowest BCUT2D eigenvalue weighted by Crippen LogP contribution is -2.41. The summed E-state index contributed by atoms with van der Waals surface area (Å²) in [6, 6.07) is 7.66. The van der Waals surface area contributed by atoms with Crippen LogP contribution >= 0.6 is 11.6 Å². The lowest BCUT2D eigenvalue weighted by atomic mass is 10.0. The van der Waals surface area contributed by atoms with Crippen LogP contribution in [0.2, 0.25) is 5.02 Å². The number of primary amides is 1. The molecule has 0 aliphatic rings. The van der Waals surface area contributed by atoms with E-state index in [9.17, 15) is 9.18 Å². The van der Waals surface area contributed by atoms with Gasteiger partial charge in [0, 0.05) is 23.1 Å². The molecule has 3 rings (SSSR count). The van der Waals surface area contributed by atoms with Gasteiger partial charge in [0.15, 0.2) is 5.82 Å². The summed E-state index contributed by atoms with van der Waals surface area (Å²) in [7, 11) is 3.38. The molecule has 3 aromatic rings. The van der Waals surface area contributed by atoms with Crippen molar-refractivity contribution in [3.63, 3.8) is 0 Å². The van der Waals surface area contributed by atoms with Crippen molar-refractivity contribution in [1.29, 1.82) is 0 Å². The van der Waals surface area contributed by atoms with E-state index in [1.54, 1.807) is 32.2 Å². The number of anilines is 2. The highest BCUT2D eigenvalue weighted by molar-refractivity contribution is 6.31. The van der Waals surface area contributed by atoms with Crippen molar-refractivity contribution in [3.8, 4) is 5.75 Å². The van der Waals surface area contributed by atoms with E-state index in [-0.39, 0.29) is 16.8 Å². The molecule has 0 radical (unpaired) electrons. The Bertz CT molecular complexity index is 1090. The number of aromatic nitrogens is 2. The van der Waals surface area contributed by atoms with Crippen molar-refractivity contribution in [2.24, 2.45) is 5.73 Å². The number of benzene rings is 2. The molecular weight excluding hydrogens is 409 g/mol. The number of nitrogens with two attached hydrogens (primary N) is 1. The standard InChI is InChI=1S/C21H23ClFN5O2/c1-11(28(3)12(2)20(24)29)13-8-14-17(9-18(13)30-4)25-10-26-21(14)27-16-7-5-6-15(22)19(16)23/h5-12H,1-4H3,(H2,24,29)(H,25,26,27)/t11?,12-/m1/s1. The molecule has 0 bridgehead atoms. The molecule has 1 aromatic heterocycles. The van der Waals surface area contributed by atoms with Crippen LogP contribution in [-0.4, -0.2) is 41.0 Å². The maximum atomic E-state index is 14.4. The van der Waals surface area contributed by atoms with E-state index in [2.05, 4.69) is 15.3 Å². The van der Waals surface area contributed by atoms with Crippen LogP contribution in [0.1, 0.15) is 25.5 Å². The average Bonchev–Trinajstić information content (AvgIpc) is 2.74. The Labute approximate surface area is 179 Å². The van der Waals surface area contributed by atoms with Gasteiger partial charge in [-0.2, -0.15) is 0 Å². The van der Waals surface area contributed by atoms with Gasteiger partial charge in [-0.3, -0.25) is 9.69 Å². The number of hydrogen-bond acceptors (Lipinski definition) is 6. The molecule has 1 amide bonds. The number of nitrogens with zero attached hydrogens (tertiary/aromatic N) is 3. The summed E-state index contributed by atoms with van der Waals surface area (Å²) < 4.78 is 19.9. The molecule has 0 aliphatic heterocycles. The van der Waals surface area contributed by atoms with Gasteiger partial charge in [-0.05, 0) is 39.1 Å². The topological polar surface area (TPSA) is 93.4 Å². The fourth-order valence-corrected chi connectivity index (χ4v) is 3.36. The molecule has 0 aliphatic carbocycles. The SMILES string of the molecule is COc1cc2ncnc(Nc3cccc(Cl)c3F)c2cc1C(C)N(C)[C@H](C)C(N)=O. The first kappa shape index (κ1) is 21.7.